The van der Waals surface area contributed by atoms with Crippen LogP contribution in [-0.4, -0.2) is 28.4 Å². The standard InChI is InChI=1S/C21H20F3N3OS/c1-12-7-5-6-10-27(12)20(28)18-17(25)16-14(21(22,23)24)11-15(26-19(16)29-18)13-8-3-2-4-9-13/h2-4,8-9,11-12H,5-7,10,25H2,1H3. The topological polar surface area (TPSA) is 59.2 Å². The van der Waals surface area contributed by atoms with E-state index in [0.717, 1.165) is 36.7 Å². The molecule has 0 radical (unpaired) electrons. The zero-order valence-electron chi connectivity index (χ0n) is 15.8. The summed E-state index contributed by atoms with van der Waals surface area (Å²) >= 11 is 0.939. The SMILES string of the molecule is CC1CCCCN1C(=O)c1sc2nc(-c3ccccc3)cc(C(F)(F)F)c2c1N. The highest BCUT2D eigenvalue weighted by Gasteiger charge is 2.37. The van der Waals surface area contributed by atoms with Gasteiger partial charge in [-0.15, -0.1) is 11.3 Å². The minimum absolute atomic E-state index is 0.0378. The Labute approximate surface area is 170 Å². The van der Waals surface area contributed by atoms with Crippen molar-refractivity contribution in [3.8, 4) is 11.3 Å². The lowest BCUT2D eigenvalue weighted by Gasteiger charge is -2.33. The fourth-order valence-electron chi connectivity index (χ4n) is 3.79. The molecule has 0 saturated carbocycles. The molecule has 1 aromatic carbocycles. The van der Waals surface area contributed by atoms with Crippen LogP contribution in [-0.2, 0) is 6.18 Å². The summed E-state index contributed by atoms with van der Waals surface area (Å²) in [7, 11) is 0. The number of likely N-dealkylation sites (tertiary alicyclic amines) is 1. The second-order valence-electron chi connectivity index (χ2n) is 7.29. The van der Waals surface area contributed by atoms with Gasteiger partial charge in [-0.05, 0) is 32.3 Å². The van der Waals surface area contributed by atoms with E-state index < -0.39 is 11.7 Å². The van der Waals surface area contributed by atoms with Crippen LogP contribution in [0.1, 0.15) is 41.4 Å². The van der Waals surface area contributed by atoms with Gasteiger partial charge in [-0.25, -0.2) is 4.98 Å². The Balaban J connectivity index is 1.89. The monoisotopic (exact) mass is 419 g/mol. The van der Waals surface area contributed by atoms with E-state index in [1.165, 1.54) is 0 Å². The third kappa shape index (κ3) is 3.57. The number of rotatable bonds is 2. The van der Waals surface area contributed by atoms with E-state index in [1.54, 1.807) is 35.2 Å². The second-order valence-corrected chi connectivity index (χ2v) is 8.29. The number of halogens is 3. The first-order valence-electron chi connectivity index (χ1n) is 9.44. The van der Waals surface area contributed by atoms with E-state index in [1.807, 2.05) is 6.92 Å². The summed E-state index contributed by atoms with van der Waals surface area (Å²) < 4.78 is 41.5. The molecule has 0 bridgehead atoms. The maximum atomic E-state index is 13.8. The zero-order valence-corrected chi connectivity index (χ0v) is 16.6. The Kier molecular flexibility index (Phi) is 4.98. The molecule has 3 heterocycles. The largest absolute Gasteiger partial charge is 0.417 e. The first-order chi connectivity index (χ1) is 13.8. The molecule has 0 aliphatic carbocycles. The van der Waals surface area contributed by atoms with E-state index in [0.29, 0.717) is 12.1 Å². The average molecular weight is 419 g/mol. The molecule has 1 atom stereocenters. The van der Waals surface area contributed by atoms with Crippen molar-refractivity contribution in [3.05, 3.63) is 46.8 Å². The van der Waals surface area contributed by atoms with Crippen LogP contribution in [0.2, 0.25) is 0 Å². The average Bonchev–Trinajstić information content (AvgIpc) is 3.03. The Hall–Kier alpha value is -2.61. The molecule has 1 amide bonds. The van der Waals surface area contributed by atoms with Crippen molar-refractivity contribution >= 4 is 33.1 Å². The molecule has 1 fully saturated rings. The molecule has 0 spiro atoms. The Morgan fingerprint density at radius 2 is 1.97 bits per heavy atom. The van der Waals surface area contributed by atoms with Crippen LogP contribution in [0.15, 0.2) is 36.4 Å². The highest BCUT2D eigenvalue weighted by molar-refractivity contribution is 7.21. The summed E-state index contributed by atoms with van der Waals surface area (Å²) in [6, 6.07) is 9.72. The number of nitrogen functional groups attached to an aromatic ring is 1. The molecule has 8 heteroatoms. The van der Waals surface area contributed by atoms with Crippen LogP contribution in [0.5, 0.6) is 0 Å². The molecule has 29 heavy (non-hydrogen) atoms. The molecule has 2 aromatic heterocycles. The maximum Gasteiger partial charge on any atom is 0.417 e. The lowest BCUT2D eigenvalue weighted by atomic mass is 10.0. The molecule has 2 N–H and O–H groups in total. The van der Waals surface area contributed by atoms with Crippen molar-refractivity contribution in [1.82, 2.24) is 9.88 Å². The number of pyridine rings is 1. The number of piperidine rings is 1. The van der Waals surface area contributed by atoms with Crippen LogP contribution in [0.25, 0.3) is 21.5 Å². The number of alkyl halides is 3. The highest BCUT2D eigenvalue weighted by atomic mass is 32.1. The number of thiophene rings is 1. The first-order valence-corrected chi connectivity index (χ1v) is 10.3. The molecule has 1 unspecified atom stereocenters. The third-order valence-electron chi connectivity index (χ3n) is 5.33. The van der Waals surface area contributed by atoms with Crippen molar-refractivity contribution < 1.29 is 18.0 Å². The number of anilines is 1. The quantitative estimate of drug-likeness (QED) is 0.590. The normalized spacial score (nSPS) is 17.7. The zero-order chi connectivity index (χ0) is 20.8. The van der Waals surface area contributed by atoms with Crippen molar-refractivity contribution in [2.24, 2.45) is 0 Å². The number of carbonyl (C=O) groups excluding carboxylic acids is 1. The molecule has 1 aliphatic rings. The lowest BCUT2D eigenvalue weighted by molar-refractivity contribution is -0.136. The molecule has 4 rings (SSSR count). The van der Waals surface area contributed by atoms with Crippen LogP contribution in [0, 0.1) is 0 Å². The Morgan fingerprint density at radius 3 is 2.62 bits per heavy atom. The van der Waals surface area contributed by atoms with Gasteiger partial charge in [-0.3, -0.25) is 4.79 Å². The van der Waals surface area contributed by atoms with Gasteiger partial charge >= 0.3 is 6.18 Å². The maximum absolute atomic E-state index is 13.8. The molecule has 1 saturated heterocycles. The Morgan fingerprint density at radius 1 is 1.24 bits per heavy atom. The number of amides is 1. The summed E-state index contributed by atoms with van der Waals surface area (Å²) in [5.74, 6) is -0.313. The number of hydrogen-bond acceptors (Lipinski definition) is 4. The van der Waals surface area contributed by atoms with Gasteiger partial charge in [-0.1, -0.05) is 30.3 Å². The number of nitrogens with two attached hydrogens (primary N) is 1. The number of carbonyl (C=O) groups is 1. The molecule has 1 aliphatic heterocycles. The van der Waals surface area contributed by atoms with E-state index in [-0.39, 0.29) is 38.4 Å². The fraction of sp³-hybridized carbons (Fsp3) is 0.333. The van der Waals surface area contributed by atoms with Crippen LogP contribution >= 0.6 is 11.3 Å². The fourth-order valence-corrected chi connectivity index (χ4v) is 4.87. The van der Waals surface area contributed by atoms with Crippen LogP contribution < -0.4 is 5.73 Å². The molecule has 4 nitrogen and oxygen atoms in total. The Bertz CT molecular complexity index is 1060. The predicted molar refractivity (Wildman–Crippen MR) is 109 cm³/mol. The summed E-state index contributed by atoms with van der Waals surface area (Å²) in [6.45, 7) is 2.54. The van der Waals surface area contributed by atoms with E-state index >= 15 is 0 Å². The number of benzene rings is 1. The van der Waals surface area contributed by atoms with Crippen LogP contribution in [0.3, 0.4) is 0 Å². The van der Waals surface area contributed by atoms with Crippen molar-refractivity contribution in [2.75, 3.05) is 12.3 Å². The smallest absolute Gasteiger partial charge is 0.397 e. The van der Waals surface area contributed by atoms with Gasteiger partial charge in [0.1, 0.15) is 9.71 Å². The van der Waals surface area contributed by atoms with Gasteiger partial charge in [0.25, 0.3) is 5.91 Å². The van der Waals surface area contributed by atoms with Crippen molar-refractivity contribution in [2.45, 2.75) is 38.4 Å². The van der Waals surface area contributed by atoms with Crippen molar-refractivity contribution in [3.63, 3.8) is 0 Å². The van der Waals surface area contributed by atoms with Gasteiger partial charge < -0.3 is 10.6 Å². The highest BCUT2D eigenvalue weighted by Crippen LogP contribution is 2.44. The van der Waals surface area contributed by atoms with Gasteiger partial charge in [0.2, 0.25) is 0 Å². The molecule has 3 aromatic rings. The number of nitrogens with zero attached hydrogens (tertiary/aromatic N) is 2. The summed E-state index contributed by atoms with van der Waals surface area (Å²) in [6.07, 6.45) is -1.82. The minimum Gasteiger partial charge on any atom is -0.397 e. The van der Waals surface area contributed by atoms with Crippen molar-refractivity contribution in [1.29, 1.82) is 0 Å². The third-order valence-corrected chi connectivity index (χ3v) is 6.42. The van der Waals surface area contributed by atoms with Gasteiger partial charge in [0.05, 0.1) is 16.9 Å². The van der Waals surface area contributed by atoms with Gasteiger partial charge in [0.15, 0.2) is 0 Å². The number of fused-ring (bicyclic) bond motifs is 1. The summed E-state index contributed by atoms with van der Waals surface area (Å²) in [4.78, 5) is 19.4. The summed E-state index contributed by atoms with van der Waals surface area (Å²) in [5, 5.41) is -0.185. The first kappa shape index (κ1) is 19.7. The van der Waals surface area contributed by atoms with Gasteiger partial charge in [-0.2, -0.15) is 13.2 Å². The second kappa shape index (κ2) is 7.33. The number of aromatic nitrogens is 1. The van der Waals surface area contributed by atoms with E-state index in [9.17, 15) is 18.0 Å². The lowest BCUT2D eigenvalue weighted by Crippen LogP contribution is -2.41. The predicted octanol–water partition coefficient (Wildman–Crippen LogP) is 5.58. The van der Waals surface area contributed by atoms with E-state index in [4.69, 9.17) is 5.73 Å². The molecular formula is C21H20F3N3OS. The minimum atomic E-state index is -4.61. The van der Waals surface area contributed by atoms with E-state index in [2.05, 4.69) is 4.98 Å². The van der Waals surface area contributed by atoms with Gasteiger partial charge in [0, 0.05) is 23.5 Å². The molecule has 152 valence electrons. The van der Waals surface area contributed by atoms with Crippen LogP contribution in [0.4, 0.5) is 18.9 Å². The number of hydrogen-bond donors (Lipinski definition) is 1. The molecular weight excluding hydrogens is 399 g/mol. The summed E-state index contributed by atoms with van der Waals surface area (Å²) in [5.41, 5.74) is 5.89.